The highest BCUT2D eigenvalue weighted by atomic mass is 19.1. The number of aliphatic hydroxyl groups excluding tert-OH is 1. The van der Waals surface area contributed by atoms with Gasteiger partial charge in [-0.1, -0.05) is 6.07 Å². The van der Waals surface area contributed by atoms with Crippen molar-refractivity contribution in [1.82, 2.24) is 9.55 Å². The van der Waals surface area contributed by atoms with Crippen LogP contribution in [0.15, 0.2) is 36.7 Å². The number of aliphatic hydroxyl groups is 1. The maximum atomic E-state index is 13.5. The fourth-order valence-corrected chi connectivity index (χ4v) is 2.66. The average molecular weight is 339 g/mol. The first kappa shape index (κ1) is 16.9. The van der Waals surface area contributed by atoms with Crippen LogP contribution >= 0.6 is 0 Å². The number of aryl methyl sites for hydroxylation is 2. The van der Waals surface area contributed by atoms with Gasteiger partial charge in [0.2, 0.25) is 0 Å². The summed E-state index contributed by atoms with van der Waals surface area (Å²) in [6.07, 6.45) is 0.851. The largest absolute Gasteiger partial charge is 0.489 e. The van der Waals surface area contributed by atoms with Gasteiger partial charge in [0.25, 0.3) is 0 Å². The molecule has 0 saturated heterocycles. The normalized spacial score (nSPS) is 12.1. The lowest BCUT2D eigenvalue weighted by Crippen LogP contribution is -2.23. The fourth-order valence-electron chi connectivity index (χ4n) is 2.66. The molecule has 0 fully saturated rings. The topological polar surface area (TPSA) is 71.1 Å². The third-order valence-corrected chi connectivity index (χ3v) is 4.16. The summed E-state index contributed by atoms with van der Waals surface area (Å²) in [6.45, 7) is 4.29. The predicted octanol–water partition coefficient (Wildman–Crippen LogP) is 3.10. The maximum absolute atomic E-state index is 13.5. The molecule has 1 N–H and O–H groups in total. The molecule has 0 amide bonds. The van der Waals surface area contributed by atoms with Crippen molar-refractivity contribution < 1.29 is 14.2 Å². The number of ether oxygens (including phenoxy) is 1. The van der Waals surface area contributed by atoms with E-state index in [1.165, 1.54) is 18.2 Å². The van der Waals surface area contributed by atoms with E-state index in [0.717, 1.165) is 22.2 Å². The molecular formula is C19H18FN3O2. The Kier molecular flexibility index (Phi) is 4.68. The Labute approximate surface area is 144 Å². The summed E-state index contributed by atoms with van der Waals surface area (Å²) in [5.41, 5.74) is 3.96. The number of fused-ring (bicyclic) bond motifs is 1. The molecular weight excluding hydrogens is 321 g/mol. The van der Waals surface area contributed by atoms with Gasteiger partial charge >= 0.3 is 0 Å². The molecule has 128 valence electrons. The minimum absolute atomic E-state index is 0.0529. The van der Waals surface area contributed by atoms with Crippen LogP contribution in [0.2, 0.25) is 0 Å². The van der Waals surface area contributed by atoms with E-state index in [4.69, 9.17) is 10.00 Å². The molecule has 1 unspecified atom stereocenters. The third kappa shape index (κ3) is 3.47. The Morgan fingerprint density at radius 3 is 2.84 bits per heavy atom. The number of imidazole rings is 1. The smallest absolute Gasteiger partial charge is 0.144 e. The predicted molar refractivity (Wildman–Crippen MR) is 91.8 cm³/mol. The van der Waals surface area contributed by atoms with E-state index < -0.39 is 11.9 Å². The van der Waals surface area contributed by atoms with Gasteiger partial charge in [-0.05, 0) is 49.2 Å². The standard InChI is InChI=1S/C19H18FN3O2/c1-12-6-17-18(7-13(12)2)23(11-22-17)9-14(24)10-25-19-5-3-4-16(20)15(19)8-21/h3-7,11,14,24H,9-10H2,1-2H3. The lowest BCUT2D eigenvalue weighted by Gasteiger charge is -2.14. The van der Waals surface area contributed by atoms with Crippen LogP contribution < -0.4 is 4.74 Å². The monoisotopic (exact) mass is 339 g/mol. The molecule has 0 radical (unpaired) electrons. The molecule has 5 nitrogen and oxygen atoms in total. The van der Waals surface area contributed by atoms with E-state index in [1.807, 2.05) is 30.5 Å². The first-order valence-electron chi connectivity index (χ1n) is 7.91. The van der Waals surface area contributed by atoms with Gasteiger partial charge < -0.3 is 14.4 Å². The van der Waals surface area contributed by atoms with Crippen LogP contribution in [0.3, 0.4) is 0 Å². The molecule has 2 aromatic carbocycles. The fraction of sp³-hybridized carbons (Fsp3) is 0.263. The van der Waals surface area contributed by atoms with Gasteiger partial charge in [0.05, 0.1) is 23.9 Å². The van der Waals surface area contributed by atoms with E-state index in [1.54, 1.807) is 12.4 Å². The average Bonchev–Trinajstić information content (AvgIpc) is 2.95. The number of halogens is 1. The molecule has 0 bridgehead atoms. The summed E-state index contributed by atoms with van der Waals surface area (Å²) < 4.78 is 20.8. The van der Waals surface area contributed by atoms with Crippen molar-refractivity contribution >= 4 is 11.0 Å². The van der Waals surface area contributed by atoms with E-state index in [2.05, 4.69) is 4.98 Å². The SMILES string of the molecule is Cc1cc2ncn(CC(O)COc3cccc(F)c3C#N)c2cc1C. The second-order valence-electron chi connectivity index (χ2n) is 6.01. The van der Waals surface area contributed by atoms with Gasteiger partial charge in [-0.25, -0.2) is 9.37 Å². The van der Waals surface area contributed by atoms with Crippen LogP contribution in [-0.2, 0) is 6.54 Å². The van der Waals surface area contributed by atoms with E-state index >= 15 is 0 Å². The van der Waals surface area contributed by atoms with Gasteiger partial charge in [0.15, 0.2) is 0 Å². The first-order valence-corrected chi connectivity index (χ1v) is 7.91. The van der Waals surface area contributed by atoms with Crippen LogP contribution in [0, 0.1) is 31.0 Å². The third-order valence-electron chi connectivity index (χ3n) is 4.16. The zero-order valence-corrected chi connectivity index (χ0v) is 14.0. The second-order valence-corrected chi connectivity index (χ2v) is 6.01. The second kappa shape index (κ2) is 6.91. The van der Waals surface area contributed by atoms with E-state index in [-0.39, 0.29) is 24.5 Å². The Hall–Kier alpha value is -2.91. The number of hydrogen-bond acceptors (Lipinski definition) is 4. The highest BCUT2D eigenvalue weighted by Crippen LogP contribution is 2.21. The highest BCUT2D eigenvalue weighted by molar-refractivity contribution is 5.77. The van der Waals surface area contributed by atoms with E-state index in [0.29, 0.717) is 0 Å². The van der Waals surface area contributed by atoms with Gasteiger partial charge in [0, 0.05) is 0 Å². The quantitative estimate of drug-likeness (QED) is 0.775. The summed E-state index contributed by atoms with van der Waals surface area (Å²) >= 11 is 0. The minimum atomic E-state index is -0.825. The van der Waals surface area contributed by atoms with Crippen LogP contribution in [0.5, 0.6) is 5.75 Å². The molecule has 1 heterocycles. The van der Waals surface area contributed by atoms with Gasteiger partial charge in [-0.3, -0.25) is 0 Å². The highest BCUT2D eigenvalue weighted by Gasteiger charge is 2.13. The number of nitriles is 1. The van der Waals surface area contributed by atoms with Crippen LogP contribution in [0.4, 0.5) is 4.39 Å². The van der Waals surface area contributed by atoms with Gasteiger partial charge in [-0.15, -0.1) is 0 Å². The zero-order chi connectivity index (χ0) is 18.0. The van der Waals surface area contributed by atoms with Gasteiger partial charge in [0.1, 0.15) is 35.9 Å². The van der Waals surface area contributed by atoms with Crippen LogP contribution in [0.1, 0.15) is 16.7 Å². The van der Waals surface area contributed by atoms with Crippen molar-refractivity contribution in [2.45, 2.75) is 26.5 Å². The Bertz CT molecular complexity index is 959. The molecule has 25 heavy (non-hydrogen) atoms. The molecule has 0 saturated carbocycles. The van der Waals surface area contributed by atoms with Crippen molar-refractivity contribution in [3.8, 4) is 11.8 Å². The number of aromatic nitrogens is 2. The van der Waals surface area contributed by atoms with Crippen molar-refractivity contribution in [1.29, 1.82) is 5.26 Å². The van der Waals surface area contributed by atoms with Gasteiger partial charge in [-0.2, -0.15) is 5.26 Å². The zero-order valence-electron chi connectivity index (χ0n) is 14.0. The first-order chi connectivity index (χ1) is 12.0. The molecule has 0 aliphatic carbocycles. The minimum Gasteiger partial charge on any atom is -0.489 e. The molecule has 6 heteroatoms. The molecule has 1 atom stereocenters. The van der Waals surface area contributed by atoms with Crippen molar-refractivity contribution in [3.63, 3.8) is 0 Å². The maximum Gasteiger partial charge on any atom is 0.144 e. The Morgan fingerprint density at radius 1 is 1.32 bits per heavy atom. The Morgan fingerprint density at radius 2 is 2.08 bits per heavy atom. The molecule has 0 aliphatic heterocycles. The van der Waals surface area contributed by atoms with E-state index in [9.17, 15) is 9.50 Å². The lowest BCUT2D eigenvalue weighted by atomic mass is 10.1. The molecule has 0 spiro atoms. The summed E-state index contributed by atoms with van der Waals surface area (Å²) in [5, 5.41) is 19.2. The van der Waals surface area contributed by atoms with Crippen molar-refractivity contribution in [2.75, 3.05) is 6.61 Å². The number of benzene rings is 2. The van der Waals surface area contributed by atoms with Crippen LogP contribution in [0.25, 0.3) is 11.0 Å². The summed E-state index contributed by atoms with van der Waals surface area (Å²) in [5.74, 6) is -0.510. The number of hydrogen-bond donors (Lipinski definition) is 1. The number of rotatable bonds is 5. The summed E-state index contributed by atoms with van der Waals surface area (Å²) in [4.78, 5) is 4.35. The number of nitrogens with zero attached hydrogens (tertiary/aromatic N) is 3. The molecule has 3 rings (SSSR count). The molecule has 3 aromatic rings. The molecule has 0 aliphatic rings. The Balaban J connectivity index is 1.72. The van der Waals surface area contributed by atoms with Crippen molar-refractivity contribution in [3.05, 3.63) is 59.2 Å². The van der Waals surface area contributed by atoms with Crippen molar-refractivity contribution in [2.24, 2.45) is 0 Å². The van der Waals surface area contributed by atoms with Crippen LogP contribution in [-0.4, -0.2) is 27.4 Å². The molecule has 1 aromatic heterocycles. The lowest BCUT2D eigenvalue weighted by molar-refractivity contribution is 0.0931. The summed E-state index contributed by atoms with van der Waals surface area (Å²) in [6, 6.07) is 9.99. The summed E-state index contributed by atoms with van der Waals surface area (Å²) in [7, 11) is 0.